The summed E-state index contributed by atoms with van der Waals surface area (Å²) in [5, 5.41) is 27.8. The summed E-state index contributed by atoms with van der Waals surface area (Å²) in [6.45, 7) is 2.61. The molecule has 0 unspecified atom stereocenters. The van der Waals surface area contributed by atoms with Crippen LogP contribution < -0.4 is 10.6 Å². The fraction of sp³-hybridized carbons (Fsp3) is 0.400. The summed E-state index contributed by atoms with van der Waals surface area (Å²) in [5.74, 6) is 0.667. The summed E-state index contributed by atoms with van der Waals surface area (Å²) >= 11 is 1.55. The van der Waals surface area contributed by atoms with Crippen molar-refractivity contribution in [2.75, 3.05) is 12.3 Å². The average molecular weight is 659 g/mol. The average Bonchev–Trinajstić information content (AvgIpc) is 3.52. The molecule has 47 heavy (non-hydrogen) atoms. The maximum absolute atomic E-state index is 12.4. The smallest absolute Gasteiger partial charge is 0.220 e. The zero-order valence-corrected chi connectivity index (χ0v) is 27.6. The molecule has 1 fully saturated rings. The number of carbonyl (C=O) groups excluding carboxylic acids is 2. The quantitative estimate of drug-likeness (QED) is 0.119. The number of ether oxygens (including phenoxy) is 2. The predicted octanol–water partition coefficient (Wildman–Crippen LogP) is 5.02. The van der Waals surface area contributed by atoms with E-state index in [2.05, 4.69) is 50.4 Å². The second kappa shape index (κ2) is 17.2. The Bertz CT molecular complexity index is 1600. The number of aliphatic hydroxyl groups excluding tert-OH is 1. The molecule has 1 aliphatic heterocycles. The van der Waals surface area contributed by atoms with Gasteiger partial charge in [-0.15, -0.1) is 5.10 Å². The summed E-state index contributed by atoms with van der Waals surface area (Å²) in [6.07, 6.45) is 2.86. The van der Waals surface area contributed by atoms with Crippen LogP contribution in [0.2, 0.25) is 0 Å². The lowest BCUT2D eigenvalue weighted by Gasteiger charge is -2.36. The summed E-state index contributed by atoms with van der Waals surface area (Å²) in [7, 11) is 1.82. The van der Waals surface area contributed by atoms with Crippen molar-refractivity contribution in [3.8, 4) is 11.1 Å². The molecular formula is C35H42N6O5S. The Hall–Kier alpha value is -4.10. The number of rotatable bonds is 15. The SMILES string of the molecule is CC(=O)NCCCCCC(=O)NCc1cccc(-c2ccc([C@@H]3O[C@H](CSc4nnnn4C)C[C@H](c4ccc(CO)cc4)O3)cc2)c1. The molecule has 12 heteroatoms. The number of carbonyl (C=O) groups is 2. The second-order valence-corrected chi connectivity index (χ2v) is 12.6. The third kappa shape index (κ3) is 10.2. The number of thioether (sulfide) groups is 1. The molecule has 0 saturated carbocycles. The van der Waals surface area contributed by atoms with Crippen LogP contribution in [0, 0.1) is 0 Å². The maximum Gasteiger partial charge on any atom is 0.220 e. The molecule has 1 aromatic heterocycles. The number of hydrogen-bond acceptors (Lipinski definition) is 9. The van der Waals surface area contributed by atoms with Crippen molar-refractivity contribution in [3.05, 3.63) is 95.1 Å². The molecule has 0 radical (unpaired) electrons. The minimum Gasteiger partial charge on any atom is -0.392 e. The first-order valence-electron chi connectivity index (χ1n) is 15.9. The molecule has 2 heterocycles. The van der Waals surface area contributed by atoms with E-state index in [0.29, 0.717) is 31.7 Å². The van der Waals surface area contributed by atoms with Crippen LogP contribution in [0.5, 0.6) is 0 Å². The summed E-state index contributed by atoms with van der Waals surface area (Å²) in [5.41, 5.74) is 5.94. The first-order valence-corrected chi connectivity index (χ1v) is 16.9. The van der Waals surface area contributed by atoms with Gasteiger partial charge in [-0.25, -0.2) is 4.68 Å². The van der Waals surface area contributed by atoms with E-state index in [9.17, 15) is 14.7 Å². The Labute approximate surface area is 279 Å². The molecule has 3 aromatic carbocycles. The topological polar surface area (TPSA) is 140 Å². The van der Waals surface area contributed by atoms with Gasteiger partial charge in [-0.2, -0.15) is 0 Å². The number of tetrazole rings is 1. The highest BCUT2D eigenvalue weighted by atomic mass is 32.2. The van der Waals surface area contributed by atoms with Crippen LogP contribution in [0.15, 0.2) is 78.0 Å². The Kier molecular flexibility index (Phi) is 12.5. The van der Waals surface area contributed by atoms with Gasteiger partial charge in [0.2, 0.25) is 17.0 Å². The highest BCUT2D eigenvalue weighted by Gasteiger charge is 2.32. The maximum atomic E-state index is 12.4. The molecule has 2 amide bonds. The Balaban J connectivity index is 1.20. The van der Waals surface area contributed by atoms with Gasteiger partial charge in [-0.1, -0.05) is 84.9 Å². The highest BCUT2D eigenvalue weighted by molar-refractivity contribution is 7.99. The van der Waals surface area contributed by atoms with Crippen molar-refractivity contribution in [2.24, 2.45) is 7.05 Å². The minimum atomic E-state index is -0.560. The summed E-state index contributed by atoms with van der Waals surface area (Å²) in [6, 6.07) is 24.2. The van der Waals surface area contributed by atoms with E-state index in [1.54, 1.807) is 16.4 Å². The predicted molar refractivity (Wildman–Crippen MR) is 179 cm³/mol. The number of unbranched alkanes of at least 4 members (excludes halogenated alkanes) is 2. The van der Waals surface area contributed by atoms with Gasteiger partial charge in [0.15, 0.2) is 6.29 Å². The van der Waals surface area contributed by atoms with Gasteiger partial charge in [0, 0.05) is 51.2 Å². The van der Waals surface area contributed by atoms with Crippen LogP contribution in [0.4, 0.5) is 0 Å². The molecule has 0 bridgehead atoms. The number of aliphatic hydroxyl groups is 1. The summed E-state index contributed by atoms with van der Waals surface area (Å²) < 4.78 is 14.6. The van der Waals surface area contributed by atoms with E-state index in [4.69, 9.17) is 9.47 Å². The van der Waals surface area contributed by atoms with Crippen LogP contribution in [0.1, 0.15) is 73.7 Å². The van der Waals surface area contributed by atoms with Crippen LogP contribution in [0.3, 0.4) is 0 Å². The number of amides is 2. The van der Waals surface area contributed by atoms with Gasteiger partial charge in [0.1, 0.15) is 0 Å². The van der Waals surface area contributed by atoms with E-state index in [0.717, 1.165) is 57.8 Å². The van der Waals surface area contributed by atoms with Crippen molar-refractivity contribution in [1.29, 1.82) is 0 Å². The molecule has 0 aliphatic carbocycles. The normalized spacial score (nSPS) is 17.7. The first kappa shape index (κ1) is 34.2. The van der Waals surface area contributed by atoms with Crippen molar-refractivity contribution >= 4 is 23.6 Å². The molecule has 3 atom stereocenters. The van der Waals surface area contributed by atoms with Crippen LogP contribution >= 0.6 is 11.8 Å². The number of benzene rings is 3. The van der Waals surface area contributed by atoms with Gasteiger partial charge >= 0.3 is 0 Å². The minimum absolute atomic E-state index is 0.00450. The van der Waals surface area contributed by atoms with Crippen molar-refractivity contribution < 1.29 is 24.2 Å². The van der Waals surface area contributed by atoms with Gasteiger partial charge in [-0.05, 0) is 57.2 Å². The molecule has 0 spiro atoms. The van der Waals surface area contributed by atoms with E-state index in [1.165, 1.54) is 6.92 Å². The van der Waals surface area contributed by atoms with E-state index in [-0.39, 0.29) is 30.6 Å². The Morgan fingerprint density at radius 3 is 2.45 bits per heavy atom. The molecule has 1 aliphatic rings. The van der Waals surface area contributed by atoms with Crippen LogP contribution in [-0.2, 0) is 39.3 Å². The Morgan fingerprint density at radius 1 is 0.936 bits per heavy atom. The third-order valence-electron chi connectivity index (χ3n) is 7.98. The standard InChI is InChI=1S/C35H42N6O5S/c1-24(43)36-18-5-3-4-9-33(44)37-21-26-7-6-8-30(19-26)27-14-16-29(17-15-27)34-45-31(23-47-35-38-39-40-41(35)2)20-32(46-34)28-12-10-25(22-42)11-13-28/h6-8,10-17,19,31-32,34,42H,3-5,9,18,20-23H2,1-2H3,(H,36,43)(H,37,44)/t31-,32+,34+/m0/s1. The van der Waals surface area contributed by atoms with Crippen LogP contribution in [-0.4, -0.2) is 55.5 Å². The molecule has 1 saturated heterocycles. The largest absolute Gasteiger partial charge is 0.392 e. The van der Waals surface area contributed by atoms with Gasteiger partial charge in [0.25, 0.3) is 0 Å². The number of nitrogens with zero attached hydrogens (tertiary/aromatic N) is 4. The molecule has 11 nitrogen and oxygen atoms in total. The zero-order valence-electron chi connectivity index (χ0n) is 26.8. The van der Waals surface area contributed by atoms with Crippen molar-refractivity contribution in [3.63, 3.8) is 0 Å². The number of nitrogens with one attached hydrogen (secondary N) is 2. The molecule has 248 valence electrons. The van der Waals surface area contributed by atoms with Crippen LogP contribution in [0.25, 0.3) is 11.1 Å². The van der Waals surface area contributed by atoms with Gasteiger partial charge in [-0.3, -0.25) is 9.59 Å². The lowest BCUT2D eigenvalue weighted by Crippen LogP contribution is -2.31. The lowest BCUT2D eigenvalue weighted by molar-refractivity contribution is -0.245. The number of aryl methyl sites for hydroxylation is 1. The molecule has 4 aromatic rings. The summed E-state index contributed by atoms with van der Waals surface area (Å²) in [4.78, 5) is 23.3. The van der Waals surface area contributed by atoms with Gasteiger partial charge in [0.05, 0.1) is 18.8 Å². The van der Waals surface area contributed by atoms with E-state index < -0.39 is 6.29 Å². The van der Waals surface area contributed by atoms with E-state index in [1.807, 2.05) is 55.6 Å². The first-order chi connectivity index (χ1) is 22.9. The zero-order chi connectivity index (χ0) is 33.0. The molecule has 5 rings (SSSR count). The lowest BCUT2D eigenvalue weighted by atomic mass is 9.99. The third-order valence-corrected chi connectivity index (χ3v) is 9.12. The second-order valence-electron chi connectivity index (χ2n) is 11.6. The number of aromatic nitrogens is 4. The van der Waals surface area contributed by atoms with Crippen molar-refractivity contribution in [1.82, 2.24) is 30.8 Å². The molecular weight excluding hydrogens is 616 g/mol. The highest BCUT2D eigenvalue weighted by Crippen LogP contribution is 2.39. The fourth-order valence-corrected chi connectivity index (χ4v) is 6.24. The van der Waals surface area contributed by atoms with Crippen molar-refractivity contribution in [2.45, 2.75) is 75.8 Å². The molecule has 3 N–H and O–H groups in total. The Morgan fingerprint density at radius 2 is 1.72 bits per heavy atom. The van der Waals surface area contributed by atoms with Gasteiger partial charge < -0.3 is 25.2 Å². The fourth-order valence-electron chi connectivity index (χ4n) is 5.37. The monoisotopic (exact) mass is 658 g/mol. The number of hydrogen-bond donors (Lipinski definition) is 3. The van der Waals surface area contributed by atoms with E-state index >= 15 is 0 Å².